The third-order valence-corrected chi connectivity index (χ3v) is 6.82. The van der Waals surface area contributed by atoms with Gasteiger partial charge in [-0.15, -0.1) is 0 Å². The predicted molar refractivity (Wildman–Crippen MR) is 141 cm³/mol. The third-order valence-electron chi connectivity index (χ3n) is 6.57. The number of halogens is 4. The summed E-state index contributed by atoms with van der Waals surface area (Å²) in [6, 6.07) is 8.25. The van der Waals surface area contributed by atoms with Crippen LogP contribution in [0.5, 0.6) is 5.75 Å². The van der Waals surface area contributed by atoms with Gasteiger partial charge in [0.25, 0.3) is 5.91 Å². The molecule has 1 saturated heterocycles. The molecule has 0 radical (unpaired) electrons. The predicted octanol–water partition coefficient (Wildman–Crippen LogP) is 4.19. The second-order valence-corrected chi connectivity index (χ2v) is 9.70. The fraction of sp³-hybridized carbons (Fsp3) is 0.423. The zero-order valence-corrected chi connectivity index (χ0v) is 22.2. The number of nitrogens with zero attached hydrogens (tertiary/aromatic N) is 3. The summed E-state index contributed by atoms with van der Waals surface area (Å²) in [4.78, 5) is 31.3. The number of aliphatic hydroxyl groups is 1. The largest absolute Gasteiger partial charge is 0.481 e. The number of benzene rings is 1. The number of pyridine rings is 1. The number of aryl methyl sites for hydroxylation is 2. The first-order valence-corrected chi connectivity index (χ1v) is 12.8. The molecule has 4 rings (SSSR count). The summed E-state index contributed by atoms with van der Waals surface area (Å²) in [7, 11) is 1.55. The SMILES string of the molecule is CCc1nc2c(cc1Nc1ccc(Cl)cc1)c(OCC(F)(F)F)c(C(=O)NC1CCN(C(=O)CO)CC1)n2C. The lowest BCUT2D eigenvalue weighted by Crippen LogP contribution is -2.47. The summed E-state index contributed by atoms with van der Waals surface area (Å²) in [5.41, 5.74) is 2.13. The molecule has 39 heavy (non-hydrogen) atoms. The van der Waals surface area contributed by atoms with Gasteiger partial charge in [-0.25, -0.2) is 4.98 Å². The molecule has 2 aromatic heterocycles. The molecule has 2 amide bonds. The van der Waals surface area contributed by atoms with Crippen molar-refractivity contribution in [3.63, 3.8) is 0 Å². The Kier molecular flexibility index (Phi) is 8.55. The number of ether oxygens (including phenoxy) is 1. The number of carbonyl (C=O) groups is 2. The quantitative estimate of drug-likeness (QED) is 0.377. The van der Waals surface area contributed by atoms with Crippen LogP contribution in [-0.2, 0) is 18.3 Å². The summed E-state index contributed by atoms with van der Waals surface area (Å²) < 4.78 is 46.2. The van der Waals surface area contributed by atoms with Crippen molar-refractivity contribution in [1.29, 1.82) is 0 Å². The molecule has 9 nitrogen and oxygen atoms in total. The van der Waals surface area contributed by atoms with Crippen LogP contribution >= 0.6 is 11.6 Å². The van der Waals surface area contributed by atoms with Gasteiger partial charge in [0.1, 0.15) is 12.3 Å². The monoisotopic (exact) mass is 567 g/mol. The lowest BCUT2D eigenvalue weighted by molar-refractivity contribution is -0.153. The van der Waals surface area contributed by atoms with Crippen LogP contribution < -0.4 is 15.4 Å². The van der Waals surface area contributed by atoms with E-state index in [0.717, 1.165) is 0 Å². The highest BCUT2D eigenvalue weighted by atomic mass is 35.5. The Bertz CT molecular complexity index is 1350. The minimum absolute atomic E-state index is 0.0821. The van der Waals surface area contributed by atoms with Crippen LogP contribution in [0.15, 0.2) is 30.3 Å². The van der Waals surface area contributed by atoms with Crippen LogP contribution in [0.3, 0.4) is 0 Å². The molecule has 1 aliphatic rings. The summed E-state index contributed by atoms with van der Waals surface area (Å²) >= 11 is 5.97. The molecule has 0 spiro atoms. The van der Waals surface area contributed by atoms with E-state index in [9.17, 15) is 22.8 Å². The molecule has 0 bridgehead atoms. The zero-order chi connectivity index (χ0) is 28.3. The van der Waals surface area contributed by atoms with Crippen molar-refractivity contribution in [2.45, 2.75) is 38.4 Å². The number of piperidine rings is 1. The normalized spacial score (nSPS) is 14.5. The topological polar surface area (TPSA) is 109 Å². The summed E-state index contributed by atoms with van der Waals surface area (Å²) in [5, 5.41) is 16.0. The number of alkyl halides is 3. The van der Waals surface area contributed by atoms with Gasteiger partial charge in [-0.05, 0) is 49.6 Å². The van der Waals surface area contributed by atoms with Crippen molar-refractivity contribution in [2.75, 3.05) is 31.6 Å². The Labute approximate surface area is 227 Å². The van der Waals surface area contributed by atoms with Crippen molar-refractivity contribution in [2.24, 2.45) is 7.05 Å². The zero-order valence-electron chi connectivity index (χ0n) is 21.4. The Morgan fingerprint density at radius 3 is 2.46 bits per heavy atom. The third kappa shape index (κ3) is 6.56. The molecule has 3 N–H and O–H groups in total. The minimum atomic E-state index is -4.62. The van der Waals surface area contributed by atoms with Gasteiger partial charge < -0.3 is 29.9 Å². The number of likely N-dealkylation sites (tertiary alicyclic amines) is 1. The van der Waals surface area contributed by atoms with Crippen molar-refractivity contribution in [3.05, 3.63) is 46.7 Å². The first-order valence-electron chi connectivity index (χ1n) is 12.4. The first-order chi connectivity index (χ1) is 18.5. The lowest BCUT2D eigenvalue weighted by Gasteiger charge is -2.32. The molecular formula is C26H29ClF3N5O4. The molecule has 0 aliphatic carbocycles. The van der Waals surface area contributed by atoms with E-state index in [1.807, 2.05) is 6.92 Å². The highest BCUT2D eigenvalue weighted by Gasteiger charge is 2.33. The number of hydrogen-bond donors (Lipinski definition) is 3. The van der Waals surface area contributed by atoms with Crippen molar-refractivity contribution in [3.8, 4) is 5.75 Å². The number of hydrogen-bond acceptors (Lipinski definition) is 6. The van der Waals surface area contributed by atoms with E-state index in [0.29, 0.717) is 60.1 Å². The smallest absolute Gasteiger partial charge is 0.422 e. The van der Waals surface area contributed by atoms with Crippen LogP contribution in [0.2, 0.25) is 5.02 Å². The van der Waals surface area contributed by atoms with Gasteiger partial charge in [0.05, 0.1) is 16.8 Å². The summed E-state index contributed by atoms with van der Waals surface area (Å²) in [5.74, 6) is -1.22. The van der Waals surface area contributed by atoms with Crippen LogP contribution in [0.1, 0.15) is 35.9 Å². The Balaban J connectivity index is 1.69. The van der Waals surface area contributed by atoms with Crippen molar-refractivity contribution < 1.29 is 32.6 Å². The number of anilines is 2. The summed E-state index contributed by atoms with van der Waals surface area (Å²) in [6.07, 6.45) is -3.23. The highest BCUT2D eigenvalue weighted by molar-refractivity contribution is 6.30. The average Bonchev–Trinajstić information content (AvgIpc) is 3.18. The van der Waals surface area contributed by atoms with E-state index in [-0.39, 0.29) is 22.9 Å². The number of amides is 2. The van der Waals surface area contributed by atoms with Gasteiger partial charge in [-0.2, -0.15) is 13.2 Å². The number of aliphatic hydroxyl groups excluding tert-OH is 1. The lowest BCUT2D eigenvalue weighted by atomic mass is 10.0. The number of aromatic nitrogens is 2. The molecule has 210 valence electrons. The maximum Gasteiger partial charge on any atom is 0.422 e. The molecule has 0 atom stereocenters. The molecule has 1 aromatic carbocycles. The Morgan fingerprint density at radius 2 is 1.87 bits per heavy atom. The molecule has 1 aliphatic heterocycles. The number of nitrogens with one attached hydrogen (secondary N) is 2. The highest BCUT2D eigenvalue weighted by Crippen LogP contribution is 2.37. The van der Waals surface area contributed by atoms with Crippen LogP contribution in [-0.4, -0.2) is 69.9 Å². The molecule has 1 fully saturated rings. The number of fused-ring (bicyclic) bond motifs is 1. The molecule has 0 unspecified atom stereocenters. The van der Waals surface area contributed by atoms with Gasteiger partial charge in [0.2, 0.25) is 5.91 Å². The van der Waals surface area contributed by atoms with E-state index >= 15 is 0 Å². The standard InChI is InChI=1S/C26H29ClF3N5O4/c1-3-19-20(31-16-6-4-15(27)5-7-16)12-18-23(39-14-26(28,29)30)22(34(2)24(18)33-19)25(38)32-17-8-10-35(11-9-17)21(37)13-36/h4-7,12,17,31,36H,3,8-11,13-14H2,1-2H3,(H,32,38). The van der Waals surface area contributed by atoms with Crippen LogP contribution in [0, 0.1) is 0 Å². The van der Waals surface area contributed by atoms with E-state index in [2.05, 4.69) is 15.6 Å². The molecule has 13 heteroatoms. The fourth-order valence-corrected chi connectivity index (χ4v) is 4.72. The van der Waals surface area contributed by atoms with Gasteiger partial charge in [-0.1, -0.05) is 18.5 Å². The summed E-state index contributed by atoms with van der Waals surface area (Å²) in [6.45, 7) is 0.417. The van der Waals surface area contributed by atoms with E-state index in [4.69, 9.17) is 21.4 Å². The molecule has 0 saturated carbocycles. The van der Waals surface area contributed by atoms with Gasteiger partial charge in [0, 0.05) is 36.9 Å². The Hall–Kier alpha value is -3.51. The van der Waals surface area contributed by atoms with Crippen molar-refractivity contribution >= 4 is 45.8 Å². The second kappa shape index (κ2) is 11.7. The minimum Gasteiger partial charge on any atom is -0.481 e. The van der Waals surface area contributed by atoms with Gasteiger partial charge in [0.15, 0.2) is 18.1 Å². The molecule has 3 aromatic rings. The van der Waals surface area contributed by atoms with E-state index in [1.165, 1.54) is 9.47 Å². The maximum atomic E-state index is 13.4. The van der Waals surface area contributed by atoms with E-state index in [1.54, 1.807) is 37.4 Å². The van der Waals surface area contributed by atoms with Gasteiger partial charge in [-0.3, -0.25) is 9.59 Å². The molecular weight excluding hydrogens is 539 g/mol. The van der Waals surface area contributed by atoms with E-state index < -0.39 is 31.2 Å². The number of rotatable bonds is 8. The van der Waals surface area contributed by atoms with Crippen LogP contribution in [0.25, 0.3) is 11.0 Å². The van der Waals surface area contributed by atoms with Crippen LogP contribution in [0.4, 0.5) is 24.5 Å². The Morgan fingerprint density at radius 1 is 1.21 bits per heavy atom. The maximum absolute atomic E-state index is 13.4. The van der Waals surface area contributed by atoms with Crippen molar-refractivity contribution in [1.82, 2.24) is 19.8 Å². The number of carbonyl (C=O) groups excluding carboxylic acids is 2. The average molecular weight is 568 g/mol. The second-order valence-electron chi connectivity index (χ2n) is 9.27. The first kappa shape index (κ1) is 28.5. The molecule has 3 heterocycles. The van der Waals surface area contributed by atoms with Gasteiger partial charge >= 0.3 is 6.18 Å². The fourth-order valence-electron chi connectivity index (χ4n) is 4.60.